The largest absolute Gasteiger partial charge is 0.496 e. The molecule has 0 aliphatic heterocycles. The first-order chi connectivity index (χ1) is 12.8. The van der Waals surface area contributed by atoms with Crippen LogP contribution in [-0.2, 0) is 9.84 Å². The van der Waals surface area contributed by atoms with E-state index in [9.17, 15) is 13.2 Å². The number of aromatic nitrogens is 1. The predicted octanol–water partition coefficient (Wildman–Crippen LogP) is 3.54. The lowest BCUT2D eigenvalue weighted by Gasteiger charge is -2.14. The standard InChI is InChI=1S/C19H16ClNO5S/c1-25-14-6-4-5-12(20)18(14)19(22)17-11-7-10-16(27(3,23)24)21-13(11)8-9-15(17)26-2/h4-10H,1-3H3. The van der Waals surface area contributed by atoms with E-state index in [2.05, 4.69) is 4.98 Å². The van der Waals surface area contributed by atoms with E-state index in [1.54, 1.807) is 30.3 Å². The van der Waals surface area contributed by atoms with Gasteiger partial charge >= 0.3 is 0 Å². The average molecular weight is 406 g/mol. The molecule has 0 N–H and O–H groups in total. The number of carbonyl (C=O) groups is 1. The molecule has 3 rings (SSSR count). The number of benzene rings is 2. The first-order valence-electron chi connectivity index (χ1n) is 7.83. The van der Waals surface area contributed by atoms with Crippen LogP contribution < -0.4 is 9.47 Å². The van der Waals surface area contributed by atoms with Gasteiger partial charge in [-0.05, 0) is 36.4 Å². The monoisotopic (exact) mass is 405 g/mol. The smallest absolute Gasteiger partial charge is 0.202 e. The van der Waals surface area contributed by atoms with Gasteiger partial charge in [0.05, 0.1) is 35.9 Å². The molecule has 6 nitrogen and oxygen atoms in total. The van der Waals surface area contributed by atoms with Gasteiger partial charge in [-0.25, -0.2) is 13.4 Å². The molecule has 8 heteroatoms. The Labute approximate surface area is 161 Å². The number of rotatable bonds is 5. The Morgan fingerprint density at radius 3 is 2.26 bits per heavy atom. The molecule has 27 heavy (non-hydrogen) atoms. The van der Waals surface area contributed by atoms with E-state index in [0.29, 0.717) is 22.4 Å². The molecule has 1 heterocycles. The van der Waals surface area contributed by atoms with E-state index in [1.807, 2.05) is 0 Å². The average Bonchev–Trinajstić information content (AvgIpc) is 2.65. The van der Waals surface area contributed by atoms with Gasteiger partial charge in [-0.1, -0.05) is 17.7 Å². The predicted molar refractivity (Wildman–Crippen MR) is 103 cm³/mol. The van der Waals surface area contributed by atoms with E-state index < -0.39 is 15.6 Å². The molecule has 0 amide bonds. The molecular formula is C19H16ClNO5S. The van der Waals surface area contributed by atoms with Gasteiger partial charge in [0.15, 0.2) is 14.9 Å². The summed E-state index contributed by atoms with van der Waals surface area (Å²) < 4.78 is 34.2. The van der Waals surface area contributed by atoms with Crippen LogP contribution in [0.15, 0.2) is 47.5 Å². The number of methoxy groups -OCH3 is 2. The number of sulfone groups is 1. The number of fused-ring (bicyclic) bond motifs is 1. The van der Waals surface area contributed by atoms with Gasteiger partial charge < -0.3 is 9.47 Å². The zero-order valence-corrected chi connectivity index (χ0v) is 16.4. The Hall–Kier alpha value is -2.64. The van der Waals surface area contributed by atoms with Gasteiger partial charge in [0, 0.05) is 11.6 Å². The van der Waals surface area contributed by atoms with Crippen molar-refractivity contribution in [2.24, 2.45) is 0 Å². The molecule has 0 aliphatic carbocycles. The summed E-state index contributed by atoms with van der Waals surface area (Å²) in [4.78, 5) is 17.5. The number of pyridine rings is 1. The highest BCUT2D eigenvalue weighted by Gasteiger charge is 2.24. The third-order valence-corrected chi connectivity index (χ3v) is 5.36. The summed E-state index contributed by atoms with van der Waals surface area (Å²) in [6.07, 6.45) is 1.07. The van der Waals surface area contributed by atoms with Crippen LogP contribution in [0, 0.1) is 0 Å². The van der Waals surface area contributed by atoms with Crippen molar-refractivity contribution in [1.82, 2.24) is 4.98 Å². The molecule has 1 aromatic heterocycles. The summed E-state index contributed by atoms with van der Waals surface area (Å²) in [7, 11) is -0.589. The quantitative estimate of drug-likeness (QED) is 0.604. The highest BCUT2D eigenvalue weighted by atomic mass is 35.5. The second-order valence-corrected chi connectivity index (χ2v) is 8.15. The van der Waals surface area contributed by atoms with Crippen molar-refractivity contribution in [1.29, 1.82) is 0 Å². The maximum absolute atomic E-state index is 13.3. The van der Waals surface area contributed by atoms with Crippen molar-refractivity contribution < 1.29 is 22.7 Å². The van der Waals surface area contributed by atoms with Crippen LogP contribution in [0.3, 0.4) is 0 Å². The maximum Gasteiger partial charge on any atom is 0.202 e. The molecular weight excluding hydrogens is 390 g/mol. The molecule has 0 saturated heterocycles. The number of hydrogen-bond acceptors (Lipinski definition) is 6. The lowest BCUT2D eigenvalue weighted by molar-refractivity contribution is 0.103. The van der Waals surface area contributed by atoms with Crippen LogP contribution in [0.2, 0.25) is 5.02 Å². The number of nitrogens with zero attached hydrogens (tertiary/aromatic N) is 1. The normalized spacial score (nSPS) is 11.4. The Kier molecular flexibility index (Phi) is 5.08. The Bertz CT molecular complexity index is 1160. The van der Waals surface area contributed by atoms with Gasteiger partial charge in [0.2, 0.25) is 5.78 Å². The molecule has 0 unspecified atom stereocenters. The van der Waals surface area contributed by atoms with Crippen LogP contribution in [-0.4, -0.2) is 39.7 Å². The maximum atomic E-state index is 13.3. The van der Waals surface area contributed by atoms with Crippen LogP contribution in [0.25, 0.3) is 10.9 Å². The summed E-state index contributed by atoms with van der Waals surface area (Å²) in [5.74, 6) is 0.240. The molecule has 0 aliphatic rings. The van der Waals surface area contributed by atoms with Crippen molar-refractivity contribution >= 4 is 38.1 Å². The van der Waals surface area contributed by atoms with Gasteiger partial charge in [-0.15, -0.1) is 0 Å². The van der Waals surface area contributed by atoms with E-state index in [-0.39, 0.29) is 21.2 Å². The van der Waals surface area contributed by atoms with Gasteiger partial charge in [0.25, 0.3) is 0 Å². The fourth-order valence-electron chi connectivity index (χ4n) is 2.80. The molecule has 0 radical (unpaired) electrons. The Morgan fingerprint density at radius 2 is 1.63 bits per heavy atom. The minimum Gasteiger partial charge on any atom is -0.496 e. The van der Waals surface area contributed by atoms with Crippen LogP contribution in [0.5, 0.6) is 11.5 Å². The lowest BCUT2D eigenvalue weighted by atomic mass is 9.97. The minimum absolute atomic E-state index is 0.0751. The van der Waals surface area contributed by atoms with Crippen molar-refractivity contribution in [2.45, 2.75) is 5.03 Å². The van der Waals surface area contributed by atoms with Crippen molar-refractivity contribution in [3.63, 3.8) is 0 Å². The van der Waals surface area contributed by atoms with Crippen LogP contribution in [0.4, 0.5) is 0 Å². The summed E-state index contributed by atoms with van der Waals surface area (Å²) in [5, 5.41) is 0.613. The molecule has 3 aromatic rings. The van der Waals surface area contributed by atoms with Gasteiger partial charge in [-0.3, -0.25) is 4.79 Å². The molecule has 0 atom stereocenters. The summed E-state index contributed by atoms with van der Waals surface area (Å²) >= 11 is 6.25. The Morgan fingerprint density at radius 1 is 0.963 bits per heavy atom. The summed E-state index contributed by atoms with van der Waals surface area (Å²) in [6.45, 7) is 0. The minimum atomic E-state index is -3.48. The molecule has 0 saturated carbocycles. The topological polar surface area (TPSA) is 82.6 Å². The SMILES string of the molecule is COc1cccc(Cl)c1C(=O)c1c(OC)ccc2nc(S(C)(=O)=O)ccc12. The molecule has 0 bridgehead atoms. The van der Waals surface area contributed by atoms with Gasteiger partial charge in [0.1, 0.15) is 11.5 Å². The van der Waals surface area contributed by atoms with E-state index >= 15 is 0 Å². The number of hydrogen-bond donors (Lipinski definition) is 0. The fourth-order valence-corrected chi connectivity index (χ4v) is 3.63. The van der Waals surface area contributed by atoms with E-state index in [0.717, 1.165) is 6.26 Å². The van der Waals surface area contributed by atoms with E-state index in [4.69, 9.17) is 21.1 Å². The molecule has 0 spiro atoms. The Balaban J connectivity index is 2.31. The molecule has 140 valence electrons. The molecule has 0 fully saturated rings. The van der Waals surface area contributed by atoms with Crippen LogP contribution >= 0.6 is 11.6 Å². The summed E-state index contributed by atoms with van der Waals surface area (Å²) in [6, 6.07) is 11.0. The van der Waals surface area contributed by atoms with E-state index in [1.165, 1.54) is 26.4 Å². The summed E-state index contributed by atoms with van der Waals surface area (Å²) in [5.41, 5.74) is 0.779. The first kappa shape index (κ1) is 19.1. The zero-order valence-electron chi connectivity index (χ0n) is 14.8. The first-order valence-corrected chi connectivity index (χ1v) is 10.1. The second-order valence-electron chi connectivity index (χ2n) is 5.78. The fraction of sp³-hybridized carbons (Fsp3) is 0.158. The lowest BCUT2D eigenvalue weighted by Crippen LogP contribution is -2.09. The van der Waals surface area contributed by atoms with Crippen molar-refractivity contribution in [2.75, 3.05) is 20.5 Å². The number of ether oxygens (including phenoxy) is 2. The highest BCUT2D eigenvalue weighted by molar-refractivity contribution is 7.90. The molecule has 2 aromatic carbocycles. The zero-order chi connectivity index (χ0) is 19.8. The van der Waals surface area contributed by atoms with Crippen LogP contribution in [0.1, 0.15) is 15.9 Å². The van der Waals surface area contributed by atoms with Crippen molar-refractivity contribution in [3.8, 4) is 11.5 Å². The number of halogens is 1. The number of carbonyl (C=O) groups excluding carboxylic acids is 1. The highest BCUT2D eigenvalue weighted by Crippen LogP contribution is 2.35. The second kappa shape index (κ2) is 7.17. The van der Waals surface area contributed by atoms with Gasteiger partial charge in [-0.2, -0.15) is 0 Å². The van der Waals surface area contributed by atoms with Crippen molar-refractivity contribution in [3.05, 3.63) is 58.6 Å². The number of ketones is 1. The third kappa shape index (κ3) is 3.48. The third-order valence-electron chi connectivity index (χ3n) is 4.06.